The minimum atomic E-state index is -0.534. The monoisotopic (exact) mass is 445 g/mol. The number of hydrogen-bond donors (Lipinski definition) is 1. The molecule has 2 aromatic carbocycles. The molecule has 0 fully saturated rings. The molecule has 0 bridgehead atoms. The minimum absolute atomic E-state index is 0.0336. The Balaban J connectivity index is 1.50. The van der Waals surface area contributed by atoms with Crippen molar-refractivity contribution < 1.29 is 4.79 Å². The number of nitrogens with one attached hydrogen (secondary N) is 1. The second-order valence-corrected chi connectivity index (χ2v) is 8.07. The van der Waals surface area contributed by atoms with E-state index < -0.39 is 5.91 Å². The molecular weight excluding hydrogens is 430 g/mol. The second-order valence-electron chi connectivity index (χ2n) is 6.57. The summed E-state index contributed by atoms with van der Waals surface area (Å²) in [5.74, 6) is -0.534. The first-order chi connectivity index (χ1) is 15.1. The maximum atomic E-state index is 12.6. The van der Waals surface area contributed by atoms with Gasteiger partial charge in [-0.25, -0.2) is 0 Å². The molecule has 4 aromatic rings. The number of nitriles is 1. The van der Waals surface area contributed by atoms with Crippen molar-refractivity contribution in [3.8, 4) is 11.8 Å². The van der Waals surface area contributed by atoms with Crippen LogP contribution >= 0.6 is 22.9 Å². The van der Waals surface area contributed by atoms with E-state index in [9.17, 15) is 10.1 Å². The zero-order chi connectivity index (χ0) is 21.6. The summed E-state index contributed by atoms with van der Waals surface area (Å²) in [4.78, 5) is 12.6. The number of benzene rings is 2. The average Bonchev–Trinajstić information content (AvgIpc) is 3.42. The molecule has 2 heterocycles. The van der Waals surface area contributed by atoms with E-state index >= 15 is 0 Å². The fourth-order valence-corrected chi connectivity index (χ4v) is 3.85. The predicted octanol–water partition coefficient (Wildman–Crippen LogP) is 5.12. The van der Waals surface area contributed by atoms with Crippen LogP contribution in [0.2, 0.25) is 5.02 Å². The Bertz CT molecular complexity index is 1270. The van der Waals surface area contributed by atoms with E-state index in [1.54, 1.807) is 12.1 Å². The van der Waals surface area contributed by atoms with E-state index in [2.05, 4.69) is 15.5 Å². The van der Waals surface area contributed by atoms with Crippen LogP contribution in [0.15, 0.2) is 78.5 Å². The highest BCUT2D eigenvalue weighted by atomic mass is 35.5. The first kappa shape index (κ1) is 20.5. The molecule has 0 aliphatic heterocycles. The van der Waals surface area contributed by atoms with Gasteiger partial charge in [-0.15, -0.1) is 10.2 Å². The summed E-state index contributed by atoms with van der Waals surface area (Å²) < 4.78 is 1.86. The zero-order valence-electron chi connectivity index (χ0n) is 16.2. The van der Waals surface area contributed by atoms with Gasteiger partial charge in [0.25, 0.3) is 5.91 Å². The van der Waals surface area contributed by atoms with Crippen molar-refractivity contribution in [1.82, 2.24) is 14.8 Å². The van der Waals surface area contributed by atoms with Crippen molar-refractivity contribution in [2.24, 2.45) is 0 Å². The van der Waals surface area contributed by atoms with Crippen molar-refractivity contribution in [3.63, 3.8) is 0 Å². The number of rotatable bonds is 6. The standard InChI is InChI=1S/C23H16ClN5OS/c24-18-8-10-19(11-9-18)29-12-4-7-20(29)14-17(15-25)22(30)26-23-28-27-21(31-23)13-16-5-2-1-3-6-16/h1-12,14H,13H2,(H,26,28,30). The van der Waals surface area contributed by atoms with Crippen LogP contribution < -0.4 is 5.32 Å². The van der Waals surface area contributed by atoms with Gasteiger partial charge in [0.1, 0.15) is 16.6 Å². The first-order valence-corrected chi connectivity index (χ1v) is 10.5. The third-order valence-electron chi connectivity index (χ3n) is 4.43. The molecule has 0 saturated heterocycles. The normalized spacial score (nSPS) is 11.2. The molecule has 1 amide bonds. The SMILES string of the molecule is N#CC(=Cc1cccn1-c1ccc(Cl)cc1)C(=O)Nc1nnc(Cc2ccccc2)s1. The molecule has 0 spiro atoms. The van der Waals surface area contributed by atoms with Crippen molar-refractivity contribution in [3.05, 3.63) is 99.8 Å². The van der Waals surface area contributed by atoms with E-state index in [0.29, 0.717) is 22.3 Å². The largest absolute Gasteiger partial charge is 0.317 e. The second kappa shape index (κ2) is 9.39. The van der Waals surface area contributed by atoms with Gasteiger partial charge in [-0.2, -0.15) is 5.26 Å². The highest BCUT2D eigenvalue weighted by Crippen LogP contribution is 2.21. The molecule has 6 nitrogen and oxygen atoms in total. The van der Waals surface area contributed by atoms with E-state index in [0.717, 1.165) is 16.3 Å². The van der Waals surface area contributed by atoms with Gasteiger partial charge in [0.05, 0.1) is 0 Å². The van der Waals surface area contributed by atoms with Gasteiger partial charge in [-0.1, -0.05) is 53.3 Å². The van der Waals surface area contributed by atoms with Crippen LogP contribution in [0.25, 0.3) is 11.8 Å². The number of halogens is 1. The minimum Gasteiger partial charge on any atom is -0.317 e. The highest BCUT2D eigenvalue weighted by molar-refractivity contribution is 7.15. The third-order valence-corrected chi connectivity index (χ3v) is 5.52. The summed E-state index contributed by atoms with van der Waals surface area (Å²) in [7, 11) is 0. The van der Waals surface area contributed by atoms with Crippen LogP contribution in [0.4, 0.5) is 5.13 Å². The lowest BCUT2D eigenvalue weighted by Crippen LogP contribution is -2.13. The quantitative estimate of drug-likeness (QED) is 0.330. The van der Waals surface area contributed by atoms with E-state index in [1.165, 1.54) is 17.4 Å². The summed E-state index contributed by atoms with van der Waals surface area (Å²) in [6, 6.07) is 22.8. The Hall–Kier alpha value is -3.73. The average molecular weight is 446 g/mol. The Kier molecular flexibility index (Phi) is 6.22. The molecule has 0 unspecified atom stereocenters. The lowest BCUT2D eigenvalue weighted by Gasteiger charge is -2.07. The van der Waals surface area contributed by atoms with Crippen LogP contribution in [-0.4, -0.2) is 20.7 Å². The van der Waals surface area contributed by atoms with Crippen molar-refractivity contribution in [1.29, 1.82) is 5.26 Å². The Morgan fingerprint density at radius 3 is 2.61 bits per heavy atom. The molecule has 31 heavy (non-hydrogen) atoms. The van der Waals surface area contributed by atoms with E-state index in [4.69, 9.17) is 11.6 Å². The molecule has 0 atom stereocenters. The van der Waals surface area contributed by atoms with Crippen molar-refractivity contribution in [2.75, 3.05) is 5.32 Å². The van der Waals surface area contributed by atoms with Crippen molar-refractivity contribution in [2.45, 2.75) is 6.42 Å². The maximum Gasteiger partial charge on any atom is 0.268 e. The van der Waals surface area contributed by atoms with Gasteiger partial charge in [-0.05, 0) is 48.0 Å². The number of aromatic nitrogens is 3. The van der Waals surface area contributed by atoms with Crippen LogP contribution in [0.3, 0.4) is 0 Å². The molecule has 0 saturated carbocycles. The summed E-state index contributed by atoms with van der Waals surface area (Å²) >= 11 is 7.24. The molecule has 0 aliphatic carbocycles. The van der Waals surface area contributed by atoms with Crippen LogP contribution in [-0.2, 0) is 11.2 Å². The van der Waals surface area contributed by atoms with Crippen LogP contribution in [0, 0.1) is 11.3 Å². The van der Waals surface area contributed by atoms with Gasteiger partial charge in [0, 0.05) is 29.0 Å². The molecule has 4 rings (SSSR count). The fourth-order valence-electron chi connectivity index (χ4n) is 2.96. The molecule has 8 heteroatoms. The van der Waals surface area contributed by atoms with Gasteiger partial charge in [0.2, 0.25) is 5.13 Å². The number of carbonyl (C=O) groups is 1. The summed E-state index contributed by atoms with van der Waals surface area (Å²) in [6.07, 6.45) is 4.02. The summed E-state index contributed by atoms with van der Waals surface area (Å²) in [5, 5.41) is 22.1. The van der Waals surface area contributed by atoms with E-state index in [1.807, 2.05) is 71.4 Å². The lowest BCUT2D eigenvalue weighted by atomic mass is 10.2. The van der Waals surface area contributed by atoms with Gasteiger partial charge >= 0.3 is 0 Å². The van der Waals surface area contributed by atoms with Crippen molar-refractivity contribution >= 4 is 40.1 Å². The van der Waals surface area contributed by atoms with Gasteiger partial charge in [-0.3, -0.25) is 10.1 Å². The molecule has 0 aliphatic rings. The number of carbonyl (C=O) groups excluding carboxylic acids is 1. The lowest BCUT2D eigenvalue weighted by molar-refractivity contribution is -0.112. The van der Waals surface area contributed by atoms with Crippen LogP contribution in [0.1, 0.15) is 16.3 Å². The Morgan fingerprint density at radius 2 is 1.87 bits per heavy atom. The third kappa shape index (κ3) is 5.07. The van der Waals surface area contributed by atoms with Crippen LogP contribution in [0.5, 0.6) is 0 Å². The summed E-state index contributed by atoms with van der Waals surface area (Å²) in [5.41, 5.74) is 2.63. The zero-order valence-corrected chi connectivity index (χ0v) is 17.8. The first-order valence-electron chi connectivity index (χ1n) is 9.35. The molecule has 2 aromatic heterocycles. The van der Waals surface area contributed by atoms with Gasteiger partial charge in [0.15, 0.2) is 0 Å². The molecular formula is C23H16ClN5OS. The van der Waals surface area contributed by atoms with Gasteiger partial charge < -0.3 is 4.57 Å². The number of hydrogen-bond acceptors (Lipinski definition) is 5. The molecule has 0 radical (unpaired) electrons. The van der Waals surface area contributed by atoms with E-state index in [-0.39, 0.29) is 5.57 Å². The number of nitrogens with zero attached hydrogens (tertiary/aromatic N) is 4. The Labute approximate surface area is 188 Å². The number of anilines is 1. The maximum absolute atomic E-state index is 12.6. The smallest absolute Gasteiger partial charge is 0.268 e. The molecule has 1 N–H and O–H groups in total. The fraction of sp³-hybridized carbons (Fsp3) is 0.0435. The highest BCUT2D eigenvalue weighted by Gasteiger charge is 2.14. The summed E-state index contributed by atoms with van der Waals surface area (Å²) in [6.45, 7) is 0. The number of amides is 1. The Morgan fingerprint density at radius 1 is 1.10 bits per heavy atom. The topological polar surface area (TPSA) is 83.6 Å². The predicted molar refractivity (Wildman–Crippen MR) is 122 cm³/mol. The molecule has 152 valence electrons.